The fourth-order valence-electron chi connectivity index (χ4n) is 3.34. The van der Waals surface area contributed by atoms with Gasteiger partial charge >= 0.3 is 0 Å². The standard InChI is InChI=1S/C21H20ClN5O/c22-18-4-1-5-19(9-18)27-8-6-15(14-27)10-26-21(28)17-12-24-20(25-13-17)16-3-2-7-23-11-16/h1-5,7,9,11-13,15H,6,8,10,14H2,(H,26,28)/t15-/m0/s1. The molecule has 0 unspecified atom stereocenters. The van der Waals surface area contributed by atoms with Crippen molar-refractivity contribution in [3.05, 3.63) is 71.8 Å². The molecule has 0 radical (unpaired) electrons. The van der Waals surface area contributed by atoms with E-state index >= 15 is 0 Å². The number of amides is 1. The fraction of sp³-hybridized carbons (Fsp3) is 0.238. The van der Waals surface area contributed by atoms with E-state index in [1.54, 1.807) is 24.8 Å². The van der Waals surface area contributed by atoms with Gasteiger partial charge in [-0.15, -0.1) is 0 Å². The summed E-state index contributed by atoms with van der Waals surface area (Å²) in [7, 11) is 0. The number of nitrogens with one attached hydrogen (secondary N) is 1. The molecule has 1 aromatic carbocycles. The third kappa shape index (κ3) is 4.28. The minimum absolute atomic E-state index is 0.154. The number of hydrogen-bond acceptors (Lipinski definition) is 5. The molecule has 1 fully saturated rings. The first-order chi connectivity index (χ1) is 13.7. The Morgan fingerprint density at radius 1 is 1.18 bits per heavy atom. The summed E-state index contributed by atoms with van der Waals surface area (Å²) in [6.07, 6.45) is 7.53. The van der Waals surface area contributed by atoms with E-state index in [2.05, 4.69) is 31.2 Å². The molecule has 6 nitrogen and oxygen atoms in total. The summed E-state index contributed by atoms with van der Waals surface area (Å²) >= 11 is 6.08. The van der Waals surface area contributed by atoms with E-state index < -0.39 is 0 Å². The number of rotatable bonds is 5. The molecule has 1 saturated heterocycles. The van der Waals surface area contributed by atoms with Gasteiger partial charge in [0.05, 0.1) is 5.56 Å². The first-order valence-corrected chi connectivity index (χ1v) is 9.58. The van der Waals surface area contributed by atoms with Crippen LogP contribution in [0.25, 0.3) is 11.4 Å². The second kappa shape index (κ2) is 8.35. The van der Waals surface area contributed by atoms with E-state index in [-0.39, 0.29) is 5.91 Å². The van der Waals surface area contributed by atoms with Crippen molar-refractivity contribution in [1.29, 1.82) is 0 Å². The summed E-state index contributed by atoms with van der Waals surface area (Å²) < 4.78 is 0. The van der Waals surface area contributed by atoms with Gasteiger partial charge in [-0.2, -0.15) is 0 Å². The quantitative estimate of drug-likeness (QED) is 0.718. The number of carbonyl (C=O) groups excluding carboxylic acids is 1. The van der Waals surface area contributed by atoms with Crippen molar-refractivity contribution in [1.82, 2.24) is 20.3 Å². The Bertz CT molecular complexity index is 949. The second-order valence-corrected chi connectivity index (χ2v) is 7.26. The summed E-state index contributed by atoms with van der Waals surface area (Å²) in [5.74, 6) is 0.801. The fourth-order valence-corrected chi connectivity index (χ4v) is 3.52. The molecule has 0 spiro atoms. The highest BCUT2D eigenvalue weighted by Gasteiger charge is 2.23. The highest BCUT2D eigenvalue weighted by Crippen LogP contribution is 2.25. The van der Waals surface area contributed by atoms with Crippen molar-refractivity contribution < 1.29 is 4.79 Å². The minimum Gasteiger partial charge on any atom is -0.371 e. The highest BCUT2D eigenvalue weighted by atomic mass is 35.5. The van der Waals surface area contributed by atoms with Crippen LogP contribution in [0.1, 0.15) is 16.8 Å². The van der Waals surface area contributed by atoms with Crippen LogP contribution in [-0.2, 0) is 0 Å². The van der Waals surface area contributed by atoms with Crippen LogP contribution in [0.5, 0.6) is 0 Å². The van der Waals surface area contributed by atoms with Crippen molar-refractivity contribution in [2.75, 3.05) is 24.5 Å². The van der Waals surface area contributed by atoms with E-state index in [1.807, 2.05) is 30.3 Å². The van der Waals surface area contributed by atoms with Crippen LogP contribution in [0.2, 0.25) is 5.02 Å². The zero-order valence-electron chi connectivity index (χ0n) is 15.3. The zero-order chi connectivity index (χ0) is 19.3. The topological polar surface area (TPSA) is 71.0 Å². The van der Waals surface area contributed by atoms with Gasteiger partial charge in [0.25, 0.3) is 5.91 Å². The molecule has 1 amide bonds. The minimum atomic E-state index is -0.154. The number of nitrogens with zero attached hydrogens (tertiary/aromatic N) is 4. The molecular formula is C21H20ClN5O. The molecule has 4 rings (SSSR count). The van der Waals surface area contributed by atoms with E-state index in [4.69, 9.17) is 11.6 Å². The molecular weight excluding hydrogens is 374 g/mol. The maximum absolute atomic E-state index is 12.4. The lowest BCUT2D eigenvalue weighted by atomic mass is 10.1. The average molecular weight is 394 g/mol. The van der Waals surface area contributed by atoms with Gasteiger partial charge in [0.2, 0.25) is 0 Å². The molecule has 0 aliphatic carbocycles. The van der Waals surface area contributed by atoms with Gasteiger partial charge in [0.1, 0.15) is 0 Å². The van der Waals surface area contributed by atoms with Gasteiger partial charge in [0, 0.05) is 60.7 Å². The third-order valence-corrected chi connectivity index (χ3v) is 5.08. The van der Waals surface area contributed by atoms with E-state index in [0.29, 0.717) is 23.9 Å². The highest BCUT2D eigenvalue weighted by molar-refractivity contribution is 6.30. The van der Waals surface area contributed by atoms with Crippen LogP contribution in [0, 0.1) is 5.92 Å². The summed E-state index contributed by atoms with van der Waals surface area (Å²) in [5.41, 5.74) is 2.40. The SMILES string of the molecule is O=C(NC[C@@H]1CCN(c2cccc(Cl)c2)C1)c1cnc(-c2cccnc2)nc1. The lowest BCUT2D eigenvalue weighted by molar-refractivity contribution is 0.0947. The molecule has 0 saturated carbocycles. The molecule has 1 aliphatic rings. The Balaban J connectivity index is 1.31. The van der Waals surface area contributed by atoms with Crippen molar-refractivity contribution in [3.8, 4) is 11.4 Å². The number of aromatic nitrogens is 3. The Hall–Kier alpha value is -2.99. The van der Waals surface area contributed by atoms with Crippen LogP contribution in [-0.4, -0.2) is 40.5 Å². The Labute approximate surface area is 168 Å². The normalized spacial score (nSPS) is 16.2. The molecule has 3 heterocycles. The van der Waals surface area contributed by atoms with Crippen molar-refractivity contribution in [2.45, 2.75) is 6.42 Å². The lowest BCUT2D eigenvalue weighted by Crippen LogP contribution is -2.31. The lowest BCUT2D eigenvalue weighted by Gasteiger charge is -2.19. The van der Waals surface area contributed by atoms with E-state index in [0.717, 1.165) is 35.8 Å². The number of anilines is 1. The molecule has 142 valence electrons. The van der Waals surface area contributed by atoms with Crippen LogP contribution in [0.4, 0.5) is 5.69 Å². The van der Waals surface area contributed by atoms with Gasteiger partial charge in [-0.05, 0) is 42.7 Å². The van der Waals surface area contributed by atoms with E-state index in [1.165, 1.54) is 0 Å². The van der Waals surface area contributed by atoms with Gasteiger partial charge < -0.3 is 10.2 Å². The van der Waals surface area contributed by atoms with Crippen LogP contribution < -0.4 is 10.2 Å². The monoisotopic (exact) mass is 393 g/mol. The predicted octanol–water partition coefficient (Wildman–Crippen LogP) is 3.45. The van der Waals surface area contributed by atoms with Gasteiger partial charge in [-0.3, -0.25) is 9.78 Å². The van der Waals surface area contributed by atoms with E-state index in [9.17, 15) is 4.79 Å². The smallest absolute Gasteiger partial charge is 0.254 e. The Morgan fingerprint density at radius 3 is 2.79 bits per heavy atom. The molecule has 3 aromatic rings. The number of hydrogen-bond donors (Lipinski definition) is 1. The first kappa shape index (κ1) is 18.4. The molecule has 2 aromatic heterocycles. The van der Waals surface area contributed by atoms with Crippen molar-refractivity contribution in [2.24, 2.45) is 5.92 Å². The summed E-state index contributed by atoms with van der Waals surface area (Å²) in [4.78, 5) is 27.3. The second-order valence-electron chi connectivity index (χ2n) is 6.83. The average Bonchev–Trinajstić information content (AvgIpc) is 3.22. The van der Waals surface area contributed by atoms with Crippen molar-refractivity contribution in [3.63, 3.8) is 0 Å². The van der Waals surface area contributed by atoms with Gasteiger partial charge in [-0.25, -0.2) is 9.97 Å². The molecule has 1 aliphatic heterocycles. The Kier molecular flexibility index (Phi) is 5.48. The van der Waals surface area contributed by atoms with Gasteiger partial charge in [-0.1, -0.05) is 17.7 Å². The van der Waals surface area contributed by atoms with Crippen LogP contribution in [0.15, 0.2) is 61.2 Å². The first-order valence-electron chi connectivity index (χ1n) is 9.20. The summed E-state index contributed by atoms with van der Waals surface area (Å²) in [5, 5.41) is 3.74. The third-order valence-electron chi connectivity index (χ3n) is 4.84. The van der Waals surface area contributed by atoms with Crippen LogP contribution >= 0.6 is 11.6 Å². The molecule has 1 atom stereocenters. The summed E-state index contributed by atoms with van der Waals surface area (Å²) in [6, 6.07) is 11.6. The Morgan fingerprint density at radius 2 is 2.04 bits per heavy atom. The van der Waals surface area contributed by atoms with Crippen molar-refractivity contribution >= 4 is 23.2 Å². The molecule has 1 N–H and O–H groups in total. The largest absolute Gasteiger partial charge is 0.371 e. The number of pyridine rings is 1. The number of halogens is 1. The molecule has 7 heteroatoms. The van der Waals surface area contributed by atoms with Crippen LogP contribution in [0.3, 0.4) is 0 Å². The number of benzene rings is 1. The van der Waals surface area contributed by atoms with Gasteiger partial charge in [0.15, 0.2) is 5.82 Å². The predicted molar refractivity (Wildman–Crippen MR) is 109 cm³/mol. The zero-order valence-corrected chi connectivity index (χ0v) is 16.0. The molecule has 0 bridgehead atoms. The number of carbonyl (C=O) groups is 1. The molecule has 28 heavy (non-hydrogen) atoms. The maximum atomic E-state index is 12.4. The maximum Gasteiger partial charge on any atom is 0.254 e. The summed E-state index contributed by atoms with van der Waals surface area (Å²) in [6.45, 7) is 2.49.